The molecule has 1 aliphatic rings. The van der Waals surface area contributed by atoms with Crippen molar-refractivity contribution in [2.24, 2.45) is 17.6 Å². The third kappa shape index (κ3) is 2.62. The first-order chi connectivity index (χ1) is 7.58. The van der Waals surface area contributed by atoms with Gasteiger partial charge in [-0.3, -0.25) is 0 Å². The minimum atomic E-state index is -0.162. The van der Waals surface area contributed by atoms with Gasteiger partial charge in [0.1, 0.15) is 5.82 Å². The Morgan fingerprint density at radius 2 is 2.12 bits per heavy atom. The van der Waals surface area contributed by atoms with Crippen molar-refractivity contribution in [1.29, 1.82) is 0 Å². The van der Waals surface area contributed by atoms with Crippen molar-refractivity contribution < 1.29 is 4.39 Å². The van der Waals surface area contributed by atoms with E-state index >= 15 is 0 Å². The molecule has 1 nitrogen and oxygen atoms in total. The highest BCUT2D eigenvalue weighted by molar-refractivity contribution is 5.27. The molecule has 0 bridgehead atoms. The lowest BCUT2D eigenvalue weighted by Gasteiger charge is -2.20. The summed E-state index contributed by atoms with van der Waals surface area (Å²) in [5.41, 5.74) is 8.40. The van der Waals surface area contributed by atoms with Crippen molar-refractivity contribution in [3.63, 3.8) is 0 Å². The van der Waals surface area contributed by atoms with Gasteiger partial charge in [-0.05, 0) is 61.3 Å². The van der Waals surface area contributed by atoms with Crippen molar-refractivity contribution in [3.8, 4) is 0 Å². The van der Waals surface area contributed by atoms with E-state index in [9.17, 15) is 4.39 Å². The first-order valence-corrected chi connectivity index (χ1v) is 6.08. The minimum absolute atomic E-state index is 0.162. The average Bonchev–Trinajstić information content (AvgIpc) is 3.04. The molecule has 0 aromatic heterocycles. The smallest absolute Gasteiger partial charge is 0.123 e. The molecule has 16 heavy (non-hydrogen) atoms. The number of benzene rings is 1. The van der Waals surface area contributed by atoms with Crippen LogP contribution in [0.1, 0.15) is 30.9 Å². The highest BCUT2D eigenvalue weighted by Gasteiger charge is 2.31. The maximum atomic E-state index is 13.0. The summed E-state index contributed by atoms with van der Waals surface area (Å²) in [5, 5.41) is 0. The fourth-order valence-corrected chi connectivity index (χ4v) is 2.30. The number of halogens is 1. The molecular weight excluding hydrogens is 201 g/mol. The second-order valence-electron chi connectivity index (χ2n) is 5.14. The Kier molecular flexibility index (Phi) is 3.29. The summed E-state index contributed by atoms with van der Waals surface area (Å²) >= 11 is 0. The number of aryl methyl sites for hydroxylation is 1. The molecule has 88 valence electrons. The van der Waals surface area contributed by atoms with Gasteiger partial charge >= 0.3 is 0 Å². The van der Waals surface area contributed by atoms with E-state index in [1.165, 1.54) is 24.5 Å². The second kappa shape index (κ2) is 4.54. The van der Waals surface area contributed by atoms with Gasteiger partial charge in [0, 0.05) is 6.04 Å². The lowest BCUT2D eigenvalue weighted by molar-refractivity contribution is 0.404. The normalized spacial score (nSPS) is 19.5. The first-order valence-electron chi connectivity index (χ1n) is 6.08. The zero-order chi connectivity index (χ0) is 11.7. The van der Waals surface area contributed by atoms with Crippen molar-refractivity contribution in [2.75, 3.05) is 0 Å². The summed E-state index contributed by atoms with van der Waals surface area (Å²) in [7, 11) is 0. The lowest BCUT2D eigenvalue weighted by Crippen LogP contribution is -2.32. The van der Waals surface area contributed by atoms with Gasteiger partial charge in [0.2, 0.25) is 0 Å². The first kappa shape index (κ1) is 11.6. The van der Waals surface area contributed by atoms with Crippen molar-refractivity contribution in [2.45, 2.75) is 39.2 Å². The van der Waals surface area contributed by atoms with Gasteiger partial charge < -0.3 is 5.73 Å². The number of nitrogens with two attached hydrogens (primary N) is 1. The zero-order valence-corrected chi connectivity index (χ0v) is 10.0. The van der Waals surface area contributed by atoms with E-state index in [2.05, 4.69) is 6.92 Å². The van der Waals surface area contributed by atoms with Crippen LogP contribution in [0.4, 0.5) is 4.39 Å². The molecule has 0 heterocycles. The molecule has 1 fully saturated rings. The number of hydrogen-bond acceptors (Lipinski definition) is 1. The molecule has 2 atom stereocenters. The van der Waals surface area contributed by atoms with Crippen LogP contribution in [0, 0.1) is 24.6 Å². The van der Waals surface area contributed by atoms with Crippen LogP contribution < -0.4 is 5.73 Å². The van der Waals surface area contributed by atoms with Crippen LogP contribution in [-0.2, 0) is 6.42 Å². The van der Waals surface area contributed by atoms with Gasteiger partial charge in [0.05, 0.1) is 0 Å². The van der Waals surface area contributed by atoms with Crippen molar-refractivity contribution >= 4 is 0 Å². The largest absolute Gasteiger partial charge is 0.327 e. The van der Waals surface area contributed by atoms with Crippen LogP contribution in [0.5, 0.6) is 0 Å². The summed E-state index contributed by atoms with van der Waals surface area (Å²) in [6.07, 6.45) is 3.53. The minimum Gasteiger partial charge on any atom is -0.327 e. The molecule has 1 aromatic carbocycles. The van der Waals surface area contributed by atoms with Crippen LogP contribution >= 0.6 is 0 Å². The zero-order valence-electron chi connectivity index (χ0n) is 10.0. The van der Waals surface area contributed by atoms with E-state index in [-0.39, 0.29) is 11.9 Å². The Bertz CT molecular complexity index is 371. The second-order valence-corrected chi connectivity index (χ2v) is 5.14. The number of hydrogen-bond donors (Lipinski definition) is 1. The van der Waals surface area contributed by atoms with E-state index in [0.717, 1.165) is 17.9 Å². The summed E-state index contributed by atoms with van der Waals surface area (Å²) < 4.78 is 13.0. The van der Waals surface area contributed by atoms with Crippen LogP contribution in [0.25, 0.3) is 0 Å². The molecule has 0 amide bonds. The monoisotopic (exact) mass is 221 g/mol. The highest BCUT2D eigenvalue weighted by atomic mass is 19.1. The fourth-order valence-electron chi connectivity index (χ4n) is 2.30. The lowest BCUT2D eigenvalue weighted by atomic mass is 9.90. The molecule has 1 aliphatic carbocycles. The summed E-state index contributed by atoms with van der Waals surface area (Å²) in [6.45, 7) is 4.19. The summed E-state index contributed by atoms with van der Waals surface area (Å²) in [6, 6.07) is 5.18. The van der Waals surface area contributed by atoms with Gasteiger partial charge in [-0.25, -0.2) is 4.39 Å². The molecule has 0 spiro atoms. The van der Waals surface area contributed by atoms with E-state index < -0.39 is 0 Å². The summed E-state index contributed by atoms with van der Waals surface area (Å²) in [5.74, 6) is 1.25. The van der Waals surface area contributed by atoms with E-state index in [4.69, 9.17) is 5.73 Å². The van der Waals surface area contributed by atoms with Crippen LogP contribution in [-0.4, -0.2) is 6.04 Å². The van der Waals surface area contributed by atoms with Crippen LogP contribution in [0.3, 0.4) is 0 Å². The summed E-state index contributed by atoms with van der Waals surface area (Å²) in [4.78, 5) is 0. The Balaban J connectivity index is 2.02. The molecule has 2 rings (SSSR count). The fraction of sp³-hybridized carbons (Fsp3) is 0.571. The van der Waals surface area contributed by atoms with Crippen LogP contribution in [0.15, 0.2) is 18.2 Å². The Hall–Kier alpha value is -0.890. The van der Waals surface area contributed by atoms with Gasteiger partial charge in [-0.1, -0.05) is 13.0 Å². The molecule has 0 saturated heterocycles. The Labute approximate surface area is 96.9 Å². The third-order valence-electron chi connectivity index (χ3n) is 3.80. The van der Waals surface area contributed by atoms with E-state index in [0.29, 0.717) is 5.92 Å². The van der Waals surface area contributed by atoms with Crippen molar-refractivity contribution in [1.82, 2.24) is 0 Å². The predicted octanol–water partition coefficient (Wildman–Crippen LogP) is 3.05. The Morgan fingerprint density at radius 1 is 1.44 bits per heavy atom. The highest BCUT2D eigenvalue weighted by Crippen LogP contribution is 2.38. The van der Waals surface area contributed by atoms with Crippen LogP contribution in [0.2, 0.25) is 0 Å². The number of rotatable bonds is 4. The maximum absolute atomic E-state index is 13.0. The average molecular weight is 221 g/mol. The van der Waals surface area contributed by atoms with Gasteiger partial charge in [-0.15, -0.1) is 0 Å². The van der Waals surface area contributed by atoms with Gasteiger partial charge in [0.25, 0.3) is 0 Å². The molecule has 1 aromatic rings. The van der Waals surface area contributed by atoms with E-state index in [1.54, 1.807) is 6.07 Å². The quantitative estimate of drug-likeness (QED) is 0.831. The molecular formula is C14H20FN. The van der Waals surface area contributed by atoms with Gasteiger partial charge in [0.15, 0.2) is 0 Å². The predicted molar refractivity (Wildman–Crippen MR) is 64.7 cm³/mol. The molecule has 2 N–H and O–H groups in total. The molecule has 1 saturated carbocycles. The Morgan fingerprint density at radius 3 is 2.69 bits per heavy atom. The van der Waals surface area contributed by atoms with Gasteiger partial charge in [-0.2, -0.15) is 0 Å². The van der Waals surface area contributed by atoms with E-state index in [1.807, 2.05) is 13.0 Å². The molecule has 2 heteroatoms. The molecule has 0 aliphatic heterocycles. The molecule has 2 unspecified atom stereocenters. The third-order valence-corrected chi connectivity index (χ3v) is 3.80. The topological polar surface area (TPSA) is 26.0 Å². The molecule has 0 radical (unpaired) electrons. The van der Waals surface area contributed by atoms with Crippen molar-refractivity contribution in [3.05, 3.63) is 35.1 Å². The standard InChI is InChI=1S/C14H20FN/c1-9-7-13(15)6-5-12(9)8-14(16)10(2)11-3-4-11/h5-7,10-11,14H,3-4,8,16H2,1-2H3. The SMILES string of the molecule is Cc1cc(F)ccc1CC(N)C(C)C1CC1. The maximum Gasteiger partial charge on any atom is 0.123 e.